The van der Waals surface area contributed by atoms with E-state index in [1.165, 1.54) is 16.7 Å². The summed E-state index contributed by atoms with van der Waals surface area (Å²) < 4.78 is 0. The number of pyridine rings is 1. The van der Waals surface area contributed by atoms with Crippen LogP contribution in [0.3, 0.4) is 0 Å². The quantitative estimate of drug-likeness (QED) is 0.739. The molecule has 1 aromatic heterocycles. The van der Waals surface area contributed by atoms with Crippen LogP contribution < -0.4 is 0 Å². The SMILES string of the molecule is CC(Cc1ccc(O)cc1)c1cc(Cc2ccccc2)ccn1. The number of rotatable bonds is 5. The molecule has 3 rings (SSSR count). The molecule has 1 unspecified atom stereocenters. The molecule has 0 bridgehead atoms. The van der Waals surface area contributed by atoms with Crippen LogP contribution in [0, 0.1) is 0 Å². The summed E-state index contributed by atoms with van der Waals surface area (Å²) in [4.78, 5) is 4.55. The third kappa shape index (κ3) is 4.19. The van der Waals surface area contributed by atoms with Crippen molar-refractivity contribution < 1.29 is 5.11 Å². The van der Waals surface area contributed by atoms with Gasteiger partial charge in [-0.25, -0.2) is 0 Å². The maximum Gasteiger partial charge on any atom is 0.115 e. The smallest absolute Gasteiger partial charge is 0.115 e. The van der Waals surface area contributed by atoms with Gasteiger partial charge in [0.2, 0.25) is 0 Å². The maximum absolute atomic E-state index is 9.37. The molecule has 1 heterocycles. The van der Waals surface area contributed by atoms with Crippen molar-refractivity contribution in [2.75, 3.05) is 0 Å². The topological polar surface area (TPSA) is 33.1 Å². The van der Waals surface area contributed by atoms with Gasteiger partial charge in [-0.05, 0) is 53.8 Å². The molecule has 0 radical (unpaired) electrons. The van der Waals surface area contributed by atoms with E-state index < -0.39 is 0 Å². The molecule has 0 aliphatic carbocycles. The Morgan fingerprint density at radius 1 is 0.870 bits per heavy atom. The molecule has 1 N–H and O–H groups in total. The van der Waals surface area contributed by atoms with Crippen LogP contribution in [0.5, 0.6) is 5.75 Å². The number of benzene rings is 2. The van der Waals surface area contributed by atoms with E-state index in [1.54, 1.807) is 12.1 Å². The van der Waals surface area contributed by atoms with Crippen LogP contribution in [-0.2, 0) is 12.8 Å². The van der Waals surface area contributed by atoms with Gasteiger partial charge in [0.05, 0.1) is 0 Å². The Labute approximate surface area is 137 Å². The highest BCUT2D eigenvalue weighted by atomic mass is 16.3. The molecule has 0 saturated carbocycles. The third-order valence-corrected chi connectivity index (χ3v) is 4.08. The number of nitrogens with zero attached hydrogens (tertiary/aromatic N) is 1. The van der Waals surface area contributed by atoms with Gasteiger partial charge >= 0.3 is 0 Å². The molecular formula is C21H21NO. The second-order valence-corrected chi connectivity index (χ2v) is 6.02. The summed E-state index contributed by atoms with van der Waals surface area (Å²) >= 11 is 0. The van der Waals surface area contributed by atoms with Crippen LogP contribution in [0.4, 0.5) is 0 Å². The summed E-state index contributed by atoms with van der Waals surface area (Å²) in [5.74, 6) is 0.652. The lowest BCUT2D eigenvalue weighted by molar-refractivity contribution is 0.475. The van der Waals surface area contributed by atoms with Gasteiger partial charge in [-0.3, -0.25) is 4.98 Å². The largest absolute Gasteiger partial charge is 0.508 e. The molecule has 0 fully saturated rings. The van der Waals surface area contributed by atoms with E-state index in [4.69, 9.17) is 0 Å². The molecule has 2 heteroatoms. The van der Waals surface area contributed by atoms with Gasteiger partial charge in [0.15, 0.2) is 0 Å². The summed E-state index contributed by atoms with van der Waals surface area (Å²) in [6.45, 7) is 2.20. The van der Waals surface area contributed by atoms with Crippen LogP contribution in [0.25, 0.3) is 0 Å². The van der Waals surface area contributed by atoms with E-state index in [0.29, 0.717) is 11.7 Å². The first-order chi connectivity index (χ1) is 11.2. The van der Waals surface area contributed by atoms with Crippen LogP contribution in [0.1, 0.15) is 35.2 Å². The van der Waals surface area contributed by atoms with Crippen molar-refractivity contribution in [3.8, 4) is 5.75 Å². The Morgan fingerprint density at radius 3 is 2.35 bits per heavy atom. The molecular weight excluding hydrogens is 282 g/mol. The van der Waals surface area contributed by atoms with Crippen molar-refractivity contribution in [1.29, 1.82) is 0 Å². The number of hydrogen-bond acceptors (Lipinski definition) is 2. The third-order valence-electron chi connectivity index (χ3n) is 4.08. The second-order valence-electron chi connectivity index (χ2n) is 6.02. The van der Waals surface area contributed by atoms with E-state index >= 15 is 0 Å². The van der Waals surface area contributed by atoms with Gasteiger partial charge in [-0.15, -0.1) is 0 Å². The van der Waals surface area contributed by atoms with E-state index in [9.17, 15) is 5.11 Å². The van der Waals surface area contributed by atoms with Crippen molar-refractivity contribution in [3.63, 3.8) is 0 Å². The molecule has 0 aliphatic rings. The number of phenols is 1. The first kappa shape index (κ1) is 15.3. The highest BCUT2D eigenvalue weighted by molar-refractivity contribution is 5.30. The van der Waals surface area contributed by atoms with Crippen molar-refractivity contribution in [3.05, 3.63) is 95.3 Å². The number of hydrogen-bond donors (Lipinski definition) is 1. The Kier molecular flexibility index (Phi) is 4.72. The van der Waals surface area contributed by atoms with Crippen LogP contribution in [-0.4, -0.2) is 10.1 Å². The van der Waals surface area contributed by atoms with E-state index in [2.05, 4.69) is 48.3 Å². The Hall–Kier alpha value is -2.61. The van der Waals surface area contributed by atoms with Crippen molar-refractivity contribution in [2.24, 2.45) is 0 Å². The average molecular weight is 303 g/mol. The zero-order chi connectivity index (χ0) is 16.1. The van der Waals surface area contributed by atoms with Gasteiger partial charge in [0.25, 0.3) is 0 Å². The highest BCUT2D eigenvalue weighted by Gasteiger charge is 2.09. The Balaban J connectivity index is 1.72. The number of phenolic OH excluding ortho intramolecular Hbond substituents is 1. The molecule has 0 spiro atoms. The summed E-state index contributed by atoms with van der Waals surface area (Å²) in [6, 6.07) is 22.2. The molecule has 3 aromatic rings. The lowest BCUT2D eigenvalue weighted by atomic mass is 9.95. The number of aromatic nitrogens is 1. The van der Waals surface area contributed by atoms with Gasteiger partial charge < -0.3 is 5.11 Å². The zero-order valence-corrected chi connectivity index (χ0v) is 13.3. The summed E-state index contributed by atoms with van der Waals surface area (Å²) in [5.41, 5.74) is 4.94. The standard InChI is InChI=1S/C21H21NO/c1-16(13-18-7-9-20(23)10-8-18)21-15-19(11-12-22-21)14-17-5-3-2-4-6-17/h2-12,15-16,23H,13-14H2,1H3. The van der Waals surface area contributed by atoms with Gasteiger partial charge in [0.1, 0.15) is 5.75 Å². The second kappa shape index (κ2) is 7.10. The molecule has 23 heavy (non-hydrogen) atoms. The van der Waals surface area contributed by atoms with Crippen molar-refractivity contribution >= 4 is 0 Å². The van der Waals surface area contributed by atoms with Gasteiger partial charge in [0, 0.05) is 17.8 Å². The van der Waals surface area contributed by atoms with Crippen molar-refractivity contribution in [1.82, 2.24) is 4.98 Å². The first-order valence-corrected chi connectivity index (χ1v) is 7.97. The Bertz CT molecular complexity index is 750. The Morgan fingerprint density at radius 2 is 1.61 bits per heavy atom. The van der Waals surface area contributed by atoms with E-state index in [0.717, 1.165) is 18.5 Å². The monoisotopic (exact) mass is 303 g/mol. The predicted molar refractivity (Wildman–Crippen MR) is 93.7 cm³/mol. The summed E-state index contributed by atoms with van der Waals surface area (Å²) in [5, 5.41) is 9.37. The summed E-state index contributed by atoms with van der Waals surface area (Å²) in [6.07, 6.45) is 3.76. The average Bonchev–Trinajstić information content (AvgIpc) is 2.58. The van der Waals surface area contributed by atoms with E-state index in [1.807, 2.05) is 24.4 Å². The minimum absolute atomic E-state index is 0.310. The van der Waals surface area contributed by atoms with Gasteiger partial charge in [-0.1, -0.05) is 49.4 Å². The molecule has 1 atom stereocenters. The minimum atomic E-state index is 0.310. The molecule has 0 saturated heterocycles. The summed E-state index contributed by atoms with van der Waals surface area (Å²) in [7, 11) is 0. The fraction of sp³-hybridized carbons (Fsp3) is 0.190. The molecule has 2 nitrogen and oxygen atoms in total. The van der Waals surface area contributed by atoms with Crippen molar-refractivity contribution in [2.45, 2.75) is 25.7 Å². The molecule has 116 valence electrons. The van der Waals surface area contributed by atoms with Gasteiger partial charge in [-0.2, -0.15) is 0 Å². The highest BCUT2D eigenvalue weighted by Crippen LogP contribution is 2.21. The maximum atomic E-state index is 9.37. The zero-order valence-electron chi connectivity index (χ0n) is 13.3. The molecule has 0 amide bonds. The lowest BCUT2D eigenvalue weighted by Gasteiger charge is -2.12. The minimum Gasteiger partial charge on any atom is -0.508 e. The molecule has 2 aromatic carbocycles. The first-order valence-electron chi connectivity index (χ1n) is 7.97. The lowest BCUT2D eigenvalue weighted by Crippen LogP contribution is -2.02. The van der Waals surface area contributed by atoms with Crippen LogP contribution >= 0.6 is 0 Å². The predicted octanol–water partition coefficient (Wildman–Crippen LogP) is 4.72. The fourth-order valence-electron chi connectivity index (χ4n) is 2.80. The number of aromatic hydroxyl groups is 1. The van der Waals surface area contributed by atoms with E-state index in [-0.39, 0.29) is 0 Å². The fourth-order valence-corrected chi connectivity index (χ4v) is 2.80. The van der Waals surface area contributed by atoms with Crippen LogP contribution in [0.2, 0.25) is 0 Å². The van der Waals surface area contributed by atoms with Crippen LogP contribution in [0.15, 0.2) is 72.9 Å². The normalized spacial score (nSPS) is 12.0. The molecule has 0 aliphatic heterocycles.